The molecule has 0 rings (SSSR count). The van der Waals surface area contributed by atoms with Crippen molar-refractivity contribution in [2.45, 2.75) is 52.2 Å². The van der Waals surface area contributed by atoms with Crippen LogP contribution in [0, 0.1) is 0 Å². The first-order valence-electron chi connectivity index (χ1n) is 4.57. The fourth-order valence-electron chi connectivity index (χ4n) is 0.798. The molecule has 13 heavy (non-hydrogen) atoms. The van der Waals surface area contributed by atoms with Crippen molar-refractivity contribution in [1.82, 2.24) is 0 Å². The molecule has 80 valence electrons. The first-order valence-corrected chi connectivity index (χ1v) is 4.57. The summed E-state index contributed by atoms with van der Waals surface area (Å²) in [5, 5.41) is 0. The number of carbonyl (C=O) groups excluding carboxylic acids is 1. The minimum Gasteiger partial charge on any atom is -0.462 e. The van der Waals surface area contributed by atoms with E-state index in [9.17, 15) is 4.79 Å². The molecule has 1 unspecified atom stereocenters. The van der Waals surface area contributed by atoms with Crippen LogP contribution in [0.2, 0.25) is 0 Å². The van der Waals surface area contributed by atoms with Gasteiger partial charge in [0.15, 0.2) is 0 Å². The van der Waals surface area contributed by atoms with Crippen molar-refractivity contribution in [3.05, 3.63) is 0 Å². The van der Waals surface area contributed by atoms with Crippen molar-refractivity contribution in [3.63, 3.8) is 0 Å². The van der Waals surface area contributed by atoms with Gasteiger partial charge in [0, 0.05) is 0 Å². The first-order chi connectivity index (χ1) is 5.61. The van der Waals surface area contributed by atoms with E-state index in [0.29, 0.717) is 6.42 Å². The van der Waals surface area contributed by atoms with E-state index >= 15 is 0 Å². The van der Waals surface area contributed by atoms with Crippen molar-refractivity contribution in [2.24, 2.45) is 5.73 Å². The first kappa shape index (κ1) is 15.2. The van der Waals surface area contributed by atoms with Gasteiger partial charge in [-0.2, -0.15) is 0 Å². The smallest absolute Gasteiger partial charge is 0.323 e. The average Bonchev–Trinajstić information content (AvgIpc) is 2.04. The molecule has 0 saturated heterocycles. The zero-order chi connectivity index (χ0) is 9.56. The SMILES string of the molecule is CCC[C@H](N)C(=O)OC(C)CC.Cl. The molecule has 0 aromatic rings. The average molecular weight is 210 g/mol. The Labute approximate surface area is 86.4 Å². The van der Waals surface area contributed by atoms with Crippen LogP contribution in [0.5, 0.6) is 0 Å². The number of rotatable bonds is 5. The summed E-state index contributed by atoms with van der Waals surface area (Å²) in [7, 11) is 0. The van der Waals surface area contributed by atoms with Gasteiger partial charge in [-0.1, -0.05) is 20.3 Å². The monoisotopic (exact) mass is 209 g/mol. The maximum absolute atomic E-state index is 11.2. The Morgan fingerprint density at radius 3 is 2.38 bits per heavy atom. The molecule has 2 atom stereocenters. The predicted octanol–water partition coefficient (Wildman–Crippen LogP) is 1.88. The Bertz CT molecular complexity index is 142. The van der Waals surface area contributed by atoms with Gasteiger partial charge in [-0.15, -0.1) is 12.4 Å². The second kappa shape index (κ2) is 8.32. The van der Waals surface area contributed by atoms with E-state index in [4.69, 9.17) is 10.5 Å². The summed E-state index contributed by atoms with van der Waals surface area (Å²) in [6.07, 6.45) is 2.44. The number of esters is 1. The zero-order valence-corrected chi connectivity index (χ0v) is 9.39. The topological polar surface area (TPSA) is 52.3 Å². The summed E-state index contributed by atoms with van der Waals surface area (Å²) in [6, 6.07) is -0.441. The fraction of sp³-hybridized carbons (Fsp3) is 0.889. The maximum atomic E-state index is 11.2. The molecule has 2 N–H and O–H groups in total. The minimum absolute atomic E-state index is 0. The molecule has 0 bridgehead atoms. The number of hydrogen-bond acceptors (Lipinski definition) is 3. The molecule has 0 aliphatic rings. The van der Waals surface area contributed by atoms with E-state index < -0.39 is 6.04 Å². The van der Waals surface area contributed by atoms with E-state index in [2.05, 4.69) is 0 Å². The van der Waals surface area contributed by atoms with Crippen LogP contribution in [0.15, 0.2) is 0 Å². The summed E-state index contributed by atoms with van der Waals surface area (Å²) >= 11 is 0. The molecule has 0 amide bonds. The van der Waals surface area contributed by atoms with E-state index in [1.165, 1.54) is 0 Å². The molecule has 4 heteroatoms. The van der Waals surface area contributed by atoms with Crippen LogP contribution >= 0.6 is 12.4 Å². The number of carbonyl (C=O) groups is 1. The second-order valence-electron chi connectivity index (χ2n) is 3.05. The van der Waals surface area contributed by atoms with Crippen molar-refractivity contribution >= 4 is 18.4 Å². The molecular formula is C9H20ClNO2. The van der Waals surface area contributed by atoms with E-state index in [1.807, 2.05) is 20.8 Å². The lowest BCUT2D eigenvalue weighted by Crippen LogP contribution is -2.34. The molecule has 0 aromatic heterocycles. The largest absolute Gasteiger partial charge is 0.462 e. The molecule has 0 heterocycles. The van der Waals surface area contributed by atoms with Crippen molar-refractivity contribution < 1.29 is 9.53 Å². The van der Waals surface area contributed by atoms with E-state index in [0.717, 1.165) is 12.8 Å². The zero-order valence-electron chi connectivity index (χ0n) is 8.58. The van der Waals surface area contributed by atoms with E-state index in [-0.39, 0.29) is 24.5 Å². The van der Waals surface area contributed by atoms with Crippen LogP contribution in [0.25, 0.3) is 0 Å². The van der Waals surface area contributed by atoms with Gasteiger partial charge in [0.05, 0.1) is 6.10 Å². The summed E-state index contributed by atoms with van der Waals surface area (Å²) in [6.45, 7) is 5.84. The molecule has 0 fully saturated rings. The van der Waals surface area contributed by atoms with Gasteiger partial charge in [-0.3, -0.25) is 4.79 Å². The van der Waals surface area contributed by atoms with Crippen LogP contribution < -0.4 is 5.73 Å². The Morgan fingerprint density at radius 2 is 2.00 bits per heavy atom. The molecule has 3 nitrogen and oxygen atoms in total. The number of ether oxygens (including phenoxy) is 1. The quantitative estimate of drug-likeness (QED) is 0.704. The molecule has 0 aromatic carbocycles. The van der Waals surface area contributed by atoms with Crippen LogP contribution in [0.1, 0.15) is 40.0 Å². The third-order valence-corrected chi connectivity index (χ3v) is 1.79. The second-order valence-corrected chi connectivity index (χ2v) is 3.05. The van der Waals surface area contributed by atoms with Crippen LogP contribution in [0.3, 0.4) is 0 Å². The highest BCUT2D eigenvalue weighted by Gasteiger charge is 2.15. The highest BCUT2D eigenvalue weighted by molar-refractivity contribution is 5.85. The van der Waals surface area contributed by atoms with Gasteiger partial charge in [0.25, 0.3) is 0 Å². The Kier molecular flexibility index (Phi) is 9.74. The third kappa shape index (κ3) is 6.84. The summed E-state index contributed by atoms with van der Waals surface area (Å²) < 4.78 is 5.05. The predicted molar refractivity (Wildman–Crippen MR) is 56.0 cm³/mol. The lowest BCUT2D eigenvalue weighted by molar-refractivity contribution is -0.150. The molecular weight excluding hydrogens is 190 g/mol. The molecule has 0 aliphatic carbocycles. The molecule has 0 radical (unpaired) electrons. The van der Waals surface area contributed by atoms with Gasteiger partial charge in [0.2, 0.25) is 0 Å². The lowest BCUT2D eigenvalue weighted by atomic mass is 10.2. The van der Waals surface area contributed by atoms with Crippen LogP contribution in [0.4, 0.5) is 0 Å². The van der Waals surface area contributed by atoms with Crippen molar-refractivity contribution in [1.29, 1.82) is 0 Å². The van der Waals surface area contributed by atoms with Gasteiger partial charge in [-0.05, 0) is 19.8 Å². The lowest BCUT2D eigenvalue weighted by Gasteiger charge is -2.14. The van der Waals surface area contributed by atoms with E-state index in [1.54, 1.807) is 0 Å². The Balaban J connectivity index is 0. The number of nitrogens with two attached hydrogens (primary N) is 1. The summed E-state index contributed by atoms with van der Waals surface area (Å²) in [5.41, 5.74) is 5.56. The number of hydrogen-bond donors (Lipinski definition) is 1. The molecule has 0 spiro atoms. The van der Waals surface area contributed by atoms with Gasteiger partial charge in [-0.25, -0.2) is 0 Å². The van der Waals surface area contributed by atoms with Gasteiger partial charge < -0.3 is 10.5 Å². The van der Waals surface area contributed by atoms with Crippen molar-refractivity contribution in [3.8, 4) is 0 Å². The molecule has 0 aliphatic heterocycles. The Morgan fingerprint density at radius 1 is 1.46 bits per heavy atom. The third-order valence-electron chi connectivity index (χ3n) is 1.79. The van der Waals surface area contributed by atoms with Crippen LogP contribution in [-0.4, -0.2) is 18.1 Å². The molecule has 0 saturated carbocycles. The highest BCUT2D eigenvalue weighted by atomic mass is 35.5. The van der Waals surface area contributed by atoms with Crippen LogP contribution in [-0.2, 0) is 9.53 Å². The minimum atomic E-state index is -0.441. The maximum Gasteiger partial charge on any atom is 0.323 e. The van der Waals surface area contributed by atoms with Crippen molar-refractivity contribution in [2.75, 3.05) is 0 Å². The van der Waals surface area contributed by atoms with Gasteiger partial charge >= 0.3 is 5.97 Å². The highest BCUT2D eigenvalue weighted by Crippen LogP contribution is 2.01. The van der Waals surface area contributed by atoms with Gasteiger partial charge in [0.1, 0.15) is 6.04 Å². The summed E-state index contributed by atoms with van der Waals surface area (Å²) in [5.74, 6) is -0.272. The standard InChI is InChI=1S/C9H19NO2.ClH/c1-4-6-8(10)9(11)12-7(3)5-2;/h7-8H,4-6,10H2,1-3H3;1H/t7?,8-;/m0./s1. The normalized spacial score (nSPS) is 14.2. The Hall–Kier alpha value is -0.280. The summed E-state index contributed by atoms with van der Waals surface area (Å²) in [4.78, 5) is 11.2. The number of halogens is 1. The fourth-order valence-corrected chi connectivity index (χ4v) is 0.798.